The maximum Gasteiger partial charge on any atom is 0.316 e. The minimum Gasteiger partial charge on any atom is -0.370 e. The lowest BCUT2D eigenvalue weighted by Crippen LogP contribution is -2.39. The highest BCUT2D eigenvalue weighted by Crippen LogP contribution is 2.33. The molecule has 1 N–H and O–H groups in total. The molecule has 1 amide bonds. The Hall–Kier alpha value is -2.87. The Labute approximate surface area is 159 Å². The first kappa shape index (κ1) is 17.5. The fourth-order valence-electron chi connectivity index (χ4n) is 3.52. The number of carbonyl (C=O) groups is 1. The Balaban J connectivity index is 1.92. The number of fused-ring (bicyclic) bond motifs is 1. The zero-order valence-corrected chi connectivity index (χ0v) is 16.0. The minimum atomic E-state index is -0.588. The molecule has 0 saturated carbocycles. The van der Waals surface area contributed by atoms with Crippen LogP contribution in [0.15, 0.2) is 39.2 Å². The number of anilines is 2. The number of aryl methyl sites for hydroxylation is 2. The van der Waals surface area contributed by atoms with Crippen LogP contribution in [-0.2, 0) is 14.1 Å². The van der Waals surface area contributed by atoms with Gasteiger partial charge in [0.15, 0.2) is 0 Å². The largest absolute Gasteiger partial charge is 0.370 e. The molecule has 8 heteroatoms. The van der Waals surface area contributed by atoms with Gasteiger partial charge in [-0.05, 0) is 36.4 Å². The smallest absolute Gasteiger partial charge is 0.316 e. The minimum absolute atomic E-state index is 0.181. The second-order valence-corrected chi connectivity index (χ2v) is 7.66. The maximum absolute atomic E-state index is 12.6. The Morgan fingerprint density at radius 2 is 1.67 bits per heavy atom. The van der Waals surface area contributed by atoms with Crippen LogP contribution in [0.3, 0.4) is 0 Å². The monoisotopic (exact) mass is 384 g/mol. The summed E-state index contributed by atoms with van der Waals surface area (Å²) in [5, 5.41) is 4.85. The van der Waals surface area contributed by atoms with Crippen LogP contribution in [0, 0.1) is 0 Å². The van der Waals surface area contributed by atoms with Crippen LogP contribution in [0.5, 0.6) is 0 Å². The average molecular weight is 384 g/mol. The van der Waals surface area contributed by atoms with E-state index in [0.29, 0.717) is 21.6 Å². The predicted molar refractivity (Wildman–Crippen MR) is 108 cm³/mol. The van der Waals surface area contributed by atoms with E-state index in [1.54, 1.807) is 26.2 Å². The van der Waals surface area contributed by atoms with Crippen LogP contribution in [0.1, 0.15) is 22.5 Å². The SMILES string of the molecule is Cn1c(=O)c(=O)n(C)c2cc(N3CCCC3)c(NC(=O)c3cccs3)cc21. The molecule has 3 aromatic rings. The van der Waals surface area contributed by atoms with Crippen molar-refractivity contribution < 1.29 is 4.79 Å². The fourth-order valence-corrected chi connectivity index (χ4v) is 4.14. The third-order valence-corrected chi connectivity index (χ3v) is 5.92. The highest BCUT2D eigenvalue weighted by molar-refractivity contribution is 7.12. The second-order valence-electron chi connectivity index (χ2n) is 6.71. The van der Waals surface area contributed by atoms with Crippen LogP contribution in [-0.4, -0.2) is 28.1 Å². The number of amides is 1. The van der Waals surface area contributed by atoms with Crippen molar-refractivity contribution >= 4 is 39.7 Å². The topological polar surface area (TPSA) is 76.3 Å². The first-order chi connectivity index (χ1) is 13.0. The molecule has 0 aliphatic carbocycles. The summed E-state index contributed by atoms with van der Waals surface area (Å²) in [5.74, 6) is -0.181. The number of thiophene rings is 1. The van der Waals surface area contributed by atoms with E-state index in [-0.39, 0.29) is 5.91 Å². The molecule has 0 unspecified atom stereocenters. The Bertz CT molecular complexity index is 1140. The summed E-state index contributed by atoms with van der Waals surface area (Å²) in [4.78, 5) is 39.8. The van der Waals surface area contributed by atoms with E-state index in [0.717, 1.165) is 31.6 Å². The van der Waals surface area contributed by atoms with Gasteiger partial charge in [0.2, 0.25) is 0 Å². The molecular formula is C19H20N4O3S. The molecule has 1 aliphatic rings. The molecule has 1 saturated heterocycles. The van der Waals surface area contributed by atoms with Gasteiger partial charge >= 0.3 is 11.1 Å². The van der Waals surface area contributed by atoms with Gasteiger partial charge in [0.25, 0.3) is 5.91 Å². The first-order valence-corrected chi connectivity index (χ1v) is 9.69. The van der Waals surface area contributed by atoms with E-state index in [1.165, 1.54) is 20.5 Å². The summed E-state index contributed by atoms with van der Waals surface area (Å²) < 4.78 is 2.72. The van der Waals surface area contributed by atoms with Gasteiger partial charge in [0.05, 0.1) is 27.3 Å². The molecule has 0 radical (unpaired) electrons. The Morgan fingerprint density at radius 1 is 1.04 bits per heavy atom. The van der Waals surface area contributed by atoms with Crippen molar-refractivity contribution in [1.29, 1.82) is 0 Å². The van der Waals surface area contributed by atoms with Crippen LogP contribution in [0.4, 0.5) is 11.4 Å². The molecule has 0 bridgehead atoms. The van der Waals surface area contributed by atoms with Gasteiger partial charge in [0.1, 0.15) is 0 Å². The van der Waals surface area contributed by atoms with E-state index in [4.69, 9.17) is 0 Å². The predicted octanol–water partition coefficient (Wildman–Crippen LogP) is 2.15. The number of benzene rings is 1. The third kappa shape index (κ3) is 2.95. The average Bonchev–Trinajstić information content (AvgIpc) is 3.38. The molecule has 0 spiro atoms. The van der Waals surface area contributed by atoms with Crippen LogP contribution in [0.2, 0.25) is 0 Å². The summed E-state index contributed by atoms with van der Waals surface area (Å²) in [6.45, 7) is 1.79. The Kier molecular flexibility index (Phi) is 4.35. The molecule has 1 aliphatic heterocycles. The zero-order valence-electron chi connectivity index (χ0n) is 15.2. The van der Waals surface area contributed by atoms with E-state index in [2.05, 4.69) is 10.2 Å². The first-order valence-electron chi connectivity index (χ1n) is 8.81. The summed E-state index contributed by atoms with van der Waals surface area (Å²) in [6.07, 6.45) is 2.17. The molecule has 0 atom stereocenters. The molecule has 2 aromatic heterocycles. The van der Waals surface area contributed by atoms with Crippen molar-refractivity contribution in [3.8, 4) is 0 Å². The molecule has 140 valence electrons. The van der Waals surface area contributed by atoms with Crippen molar-refractivity contribution in [2.75, 3.05) is 23.3 Å². The molecular weight excluding hydrogens is 364 g/mol. The molecule has 1 fully saturated rings. The van der Waals surface area contributed by atoms with E-state index in [1.807, 2.05) is 17.5 Å². The summed E-state index contributed by atoms with van der Waals surface area (Å²) in [7, 11) is 3.18. The standard InChI is InChI=1S/C19H20N4O3S/c1-21-14-10-12(20-17(24)16-6-5-9-27-16)13(23-7-3-4-8-23)11-15(14)22(2)19(26)18(21)25/h5-6,9-11H,3-4,7-8H2,1-2H3,(H,20,24). The van der Waals surface area contributed by atoms with E-state index < -0.39 is 11.1 Å². The second kappa shape index (κ2) is 6.70. The number of rotatable bonds is 3. The number of hydrogen-bond acceptors (Lipinski definition) is 5. The molecule has 1 aromatic carbocycles. The molecule has 4 rings (SSSR count). The van der Waals surface area contributed by atoms with E-state index >= 15 is 0 Å². The quantitative estimate of drug-likeness (QED) is 0.702. The van der Waals surface area contributed by atoms with Crippen molar-refractivity contribution in [2.45, 2.75) is 12.8 Å². The number of nitrogens with one attached hydrogen (secondary N) is 1. The van der Waals surface area contributed by atoms with Crippen molar-refractivity contribution in [3.05, 3.63) is 55.2 Å². The lowest BCUT2D eigenvalue weighted by atomic mass is 10.2. The van der Waals surface area contributed by atoms with E-state index in [9.17, 15) is 14.4 Å². The molecule has 27 heavy (non-hydrogen) atoms. The highest BCUT2D eigenvalue weighted by atomic mass is 32.1. The highest BCUT2D eigenvalue weighted by Gasteiger charge is 2.21. The normalized spacial score (nSPS) is 14.1. The molecule has 3 heterocycles. The number of aromatic nitrogens is 2. The number of carbonyl (C=O) groups excluding carboxylic acids is 1. The van der Waals surface area contributed by atoms with Crippen LogP contribution >= 0.6 is 11.3 Å². The van der Waals surface area contributed by atoms with Crippen molar-refractivity contribution in [2.24, 2.45) is 14.1 Å². The molecule has 7 nitrogen and oxygen atoms in total. The van der Waals surface area contributed by atoms with Gasteiger partial charge in [-0.25, -0.2) is 0 Å². The Morgan fingerprint density at radius 3 is 2.26 bits per heavy atom. The number of nitrogens with zero attached hydrogens (tertiary/aromatic N) is 3. The zero-order chi connectivity index (χ0) is 19.1. The van der Waals surface area contributed by atoms with Gasteiger partial charge in [0, 0.05) is 27.2 Å². The summed E-state index contributed by atoms with van der Waals surface area (Å²) in [5.41, 5.74) is 1.64. The van der Waals surface area contributed by atoms with Gasteiger partial charge < -0.3 is 19.4 Å². The number of hydrogen-bond donors (Lipinski definition) is 1. The van der Waals surface area contributed by atoms with Crippen LogP contribution in [0.25, 0.3) is 11.0 Å². The van der Waals surface area contributed by atoms with Gasteiger partial charge in [-0.2, -0.15) is 0 Å². The van der Waals surface area contributed by atoms with Crippen LogP contribution < -0.4 is 21.3 Å². The van der Waals surface area contributed by atoms with Gasteiger partial charge in [-0.3, -0.25) is 14.4 Å². The fraction of sp³-hybridized carbons (Fsp3) is 0.316. The maximum atomic E-state index is 12.6. The summed E-state index contributed by atoms with van der Waals surface area (Å²) >= 11 is 1.38. The summed E-state index contributed by atoms with van der Waals surface area (Å²) in [6, 6.07) is 7.29. The van der Waals surface area contributed by atoms with Crippen molar-refractivity contribution in [3.63, 3.8) is 0 Å². The van der Waals surface area contributed by atoms with Gasteiger partial charge in [-0.1, -0.05) is 6.07 Å². The lowest BCUT2D eigenvalue weighted by Gasteiger charge is -2.23. The van der Waals surface area contributed by atoms with Gasteiger partial charge in [-0.15, -0.1) is 11.3 Å². The lowest BCUT2D eigenvalue weighted by molar-refractivity contribution is 0.103. The third-order valence-electron chi connectivity index (χ3n) is 5.05. The van der Waals surface area contributed by atoms with Crippen molar-refractivity contribution in [1.82, 2.24) is 9.13 Å².